The zero-order chi connectivity index (χ0) is 19.2. The molecule has 0 bridgehead atoms. The number of benzene rings is 2. The first-order valence-corrected chi connectivity index (χ1v) is 9.15. The molecule has 2 heterocycles. The van der Waals surface area contributed by atoms with Gasteiger partial charge in [0, 0.05) is 12.4 Å². The van der Waals surface area contributed by atoms with E-state index >= 15 is 0 Å². The fraction of sp³-hybridized carbons (Fsp3) is 0.0870. The molecule has 0 saturated carbocycles. The first kappa shape index (κ1) is 17.7. The molecule has 0 spiro atoms. The van der Waals surface area contributed by atoms with Gasteiger partial charge in [-0.2, -0.15) is 5.10 Å². The van der Waals surface area contributed by atoms with Gasteiger partial charge in [-0.25, -0.2) is 9.67 Å². The Labute approximate surface area is 163 Å². The summed E-state index contributed by atoms with van der Waals surface area (Å²) in [6.07, 6.45) is 4.58. The summed E-state index contributed by atoms with van der Waals surface area (Å²) in [5.74, 6) is 0.420. The quantitative estimate of drug-likeness (QED) is 0.559. The van der Waals surface area contributed by atoms with Gasteiger partial charge in [0.25, 0.3) is 0 Å². The first-order valence-electron chi connectivity index (χ1n) is 9.15. The molecule has 4 rings (SSSR count). The van der Waals surface area contributed by atoms with E-state index in [1.165, 1.54) is 5.56 Å². The van der Waals surface area contributed by atoms with Crippen LogP contribution in [0.4, 0.5) is 5.82 Å². The van der Waals surface area contributed by atoms with Crippen LogP contribution in [0.5, 0.6) is 0 Å². The second kappa shape index (κ2) is 8.31. The first-order chi connectivity index (χ1) is 13.8. The predicted octanol–water partition coefficient (Wildman–Crippen LogP) is 4.04. The minimum atomic E-state index is -0.136. The number of nitrogens with one attached hydrogen (secondary N) is 1. The van der Waals surface area contributed by atoms with Crippen molar-refractivity contribution in [3.05, 3.63) is 108 Å². The molecule has 5 nitrogen and oxygen atoms in total. The minimum Gasteiger partial charge on any atom is -0.310 e. The summed E-state index contributed by atoms with van der Waals surface area (Å²) in [7, 11) is 0. The summed E-state index contributed by atoms with van der Waals surface area (Å²) in [6.45, 7) is 0. The molecule has 28 heavy (non-hydrogen) atoms. The van der Waals surface area contributed by atoms with Crippen LogP contribution in [-0.2, 0) is 17.6 Å². The molecule has 0 unspecified atom stereocenters. The molecular formula is C23H20N4O. The number of carbonyl (C=O) groups is 1. The maximum absolute atomic E-state index is 12.4. The number of nitrogens with zero attached hydrogens (tertiary/aromatic N) is 3. The van der Waals surface area contributed by atoms with E-state index in [-0.39, 0.29) is 12.3 Å². The largest absolute Gasteiger partial charge is 0.310 e. The number of anilines is 1. The van der Waals surface area contributed by atoms with Crippen molar-refractivity contribution in [2.75, 3.05) is 5.32 Å². The van der Waals surface area contributed by atoms with E-state index < -0.39 is 0 Å². The smallest absolute Gasteiger partial charge is 0.231 e. The molecule has 1 N–H and O–H groups in total. The zero-order valence-electron chi connectivity index (χ0n) is 15.3. The van der Waals surface area contributed by atoms with Gasteiger partial charge in [-0.15, -0.1) is 0 Å². The molecule has 0 atom stereocenters. The SMILES string of the molecule is O=C(Cc1ccn(-c2ccccc2)n1)Nc1cc(Cc2ccccc2)ccn1. The molecule has 0 fully saturated rings. The Morgan fingerprint density at radius 1 is 0.893 bits per heavy atom. The van der Waals surface area contributed by atoms with E-state index in [9.17, 15) is 4.79 Å². The lowest BCUT2D eigenvalue weighted by atomic mass is 10.1. The summed E-state index contributed by atoms with van der Waals surface area (Å²) in [5, 5.41) is 7.34. The highest BCUT2D eigenvalue weighted by molar-refractivity contribution is 5.91. The van der Waals surface area contributed by atoms with Crippen LogP contribution in [0, 0.1) is 0 Å². The molecule has 0 radical (unpaired) electrons. The van der Waals surface area contributed by atoms with E-state index in [0.717, 1.165) is 17.7 Å². The Morgan fingerprint density at radius 3 is 2.43 bits per heavy atom. The van der Waals surface area contributed by atoms with Crippen LogP contribution in [0.1, 0.15) is 16.8 Å². The summed E-state index contributed by atoms with van der Waals surface area (Å²) >= 11 is 0. The van der Waals surface area contributed by atoms with Gasteiger partial charge in [0.15, 0.2) is 0 Å². The third kappa shape index (κ3) is 4.51. The van der Waals surface area contributed by atoms with Gasteiger partial charge in [0.1, 0.15) is 5.82 Å². The number of carbonyl (C=O) groups excluding carboxylic acids is 1. The summed E-state index contributed by atoms with van der Waals surface area (Å²) < 4.78 is 1.77. The van der Waals surface area contributed by atoms with Gasteiger partial charge in [0.2, 0.25) is 5.91 Å². The normalized spacial score (nSPS) is 10.6. The maximum Gasteiger partial charge on any atom is 0.231 e. The van der Waals surface area contributed by atoms with Gasteiger partial charge in [0.05, 0.1) is 17.8 Å². The summed E-state index contributed by atoms with van der Waals surface area (Å²) in [5.41, 5.74) is 3.99. The number of para-hydroxylation sites is 1. The molecule has 0 aliphatic heterocycles. The van der Waals surface area contributed by atoms with E-state index in [4.69, 9.17) is 0 Å². The van der Waals surface area contributed by atoms with Crippen LogP contribution >= 0.6 is 0 Å². The second-order valence-corrected chi connectivity index (χ2v) is 6.52. The van der Waals surface area contributed by atoms with E-state index in [1.54, 1.807) is 10.9 Å². The zero-order valence-corrected chi connectivity index (χ0v) is 15.3. The number of aromatic nitrogens is 3. The van der Waals surface area contributed by atoms with Crippen molar-refractivity contribution in [2.45, 2.75) is 12.8 Å². The Kier molecular flexibility index (Phi) is 5.24. The Hall–Kier alpha value is -3.73. The summed E-state index contributed by atoms with van der Waals surface area (Å²) in [6, 6.07) is 25.8. The highest BCUT2D eigenvalue weighted by Crippen LogP contribution is 2.13. The van der Waals surface area contributed by atoms with Crippen molar-refractivity contribution < 1.29 is 4.79 Å². The van der Waals surface area contributed by atoms with Crippen molar-refractivity contribution in [3.8, 4) is 5.69 Å². The van der Waals surface area contributed by atoms with Crippen LogP contribution in [0.25, 0.3) is 5.69 Å². The number of amides is 1. The van der Waals surface area contributed by atoms with Crippen LogP contribution in [-0.4, -0.2) is 20.7 Å². The van der Waals surface area contributed by atoms with Crippen molar-refractivity contribution >= 4 is 11.7 Å². The maximum atomic E-state index is 12.4. The molecule has 2 aromatic heterocycles. The van der Waals surface area contributed by atoms with Crippen molar-refractivity contribution in [1.82, 2.24) is 14.8 Å². The number of hydrogen-bond acceptors (Lipinski definition) is 3. The van der Waals surface area contributed by atoms with Crippen LogP contribution in [0.3, 0.4) is 0 Å². The number of pyridine rings is 1. The molecule has 138 valence electrons. The third-order valence-corrected chi connectivity index (χ3v) is 4.35. The highest BCUT2D eigenvalue weighted by atomic mass is 16.1. The van der Waals surface area contributed by atoms with Crippen LogP contribution in [0.2, 0.25) is 0 Å². The fourth-order valence-corrected chi connectivity index (χ4v) is 3.02. The monoisotopic (exact) mass is 368 g/mol. The molecule has 0 aliphatic carbocycles. The Balaban J connectivity index is 1.39. The van der Waals surface area contributed by atoms with Crippen molar-refractivity contribution in [2.24, 2.45) is 0 Å². The Morgan fingerprint density at radius 2 is 1.64 bits per heavy atom. The van der Waals surface area contributed by atoms with E-state index in [2.05, 4.69) is 27.5 Å². The fourth-order valence-electron chi connectivity index (χ4n) is 3.02. The van der Waals surface area contributed by atoms with Crippen LogP contribution < -0.4 is 5.32 Å². The predicted molar refractivity (Wildman–Crippen MR) is 109 cm³/mol. The van der Waals surface area contributed by atoms with Gasteiger partial charge in [-0.05, 0) is 47.9 Å². The third-order valence-electron chi connectivity index (χ3n) is 4.35. The van der Waals surface area contributed by atoms with E-state index in [1.807, 2.05) is 72.9 Å². The second-order valence-electron chi connectivity index (χ2n) is 6.52. The summed E-state index contributed by atoms with van der Waals surface area (Å²) in [4.78, 5) is 16.7. The topological polar surface area (TPSA) is 59.8 Å². The lowest BCUT2D eigenvalue weighted by molar-refractivity contribution is -0.115. The lowest BCUT2D eigenvalue weighted by Crippen LogP contribution is -2.16. The average molecular weight is 368 g/mol. The number of hydrogen-bond donors (Lipinski definition) is 1. The Bertz CT molecular complexity index is 1060. The minimum absolute atomic E-state index is 0.136. The van der Waals surface area contributed by atoms with Crippen LogP contribution in [0.15, 0.2) is 91.3 Å². The van der Waals surface area contributed by atoms with E-state index in [0.29, 0.717) is 11.5 Å². The van der Waals surface area contributed by atoms with Crippen molar-refractivity contribution in [1.29, 1.82) is 0 Å². The molecule has 0 aliphatic rings. The highest BCUT2D eigenvalue weighted by Gasteiger charge is 2.09. The number of rotatable bonds is 6. The average Bonchev–Trinajstić information content (AvgIpc) is 3.18. The van der Waals surface area contributed by atoms with Gasteiger partial charge >= 0.3 is 0 Å². The molecule has 0 saturated heterocycles. The van der Waals surface area contributed by atoms with Gasteiger partial charge < -0.3 is 5.32 Å². The molecule has 5 heteroatoms. The standard InChI is InChI=1S/C23H20N4O/c28-23(17-20-12-14-27(26-20)21-9-5-2-6-10-21)25-22-16-19(11-13-24-22)15-18-7-3-1-4-8-18/h1-14,16H,15,17H2,(H,24,25,28). The van der Waals surface area contributed by atoms with Gasteiger partial charge in [-0.3, -0.25) is 4.79 Å². The lowest BCUT2D eigenvalue weighted by Gasteiger charge is -2.06. The van der Waals surface area contributed by atoms with Gasteiger partial charge in [-0.1, -0.05) is 48.5 Å². The molecule has 1 amide bonds. The molecule has 2 aromatic carbocycles. The molecule has 4 aromatic rings. The van der Waals surface area contributed by atoms with Crippen molar-refractivity contribution in [3.63, 3.8) is 0 Å². The molecular weight excluding hydrogens is 348 g/mol.